The summed E-state index contributed by atoms with van der Waals surface area (Å²) in [7, 11) is 1.58. The molecule has 0 aliphatic heterocycles. The van der Waals surface area contributed by atoms with Gasteiger partial charge in [0.15, 0.2) is 0 Å². The summed E-state index contributed by atoms with van der Waals surface area (Å²) in [6, 6.07) is 0. The molecule has 0 radical (unpaired) electrons. The lowest BCUT2D eigenvalue weighted by Crippen LogP contribution is -2.09. The smallest absolute Gasteiger partial charge is 0.0821 e. The molecule has 1 nitrogen and oxygen atoms in total. The van der Waals surface area contributed by atoms with Crippen LogP contribution in [0.3, 0.4) is 0 Å². The quantitative estimate of drug-likeness (QED) is 0.641. The molecule has 0 saturated heterocycles. The van der Waals surface area contributed by atoms with Gasteiger partial charge in [0.1, 0.15) is 0 Å². The van der Waals surface area contributed by atoms with E-state index in [9.17, 15) is 0 Å². The topological polar surface area (TPSA) is 9.23 Å². The molecule has 0 spiro atoms. The summed E-state index contributed by atoms with van der Waals surface area (Å²) in [5.41, 5.74) is 0.677. The van der Waals surface area contributed by atoms with Crippen LogP contribution in [0.1, 0.15) is 6.92 Å². The first-order chi connectivity index (χ1) is 5.54. The van der Waals surface area contributed by atoms with Gasteiger partial charge in [-0.05, 0) is 6.92 Å². The highest BCUT2D eigenvalue weighted by molar-refractivity contribution is 6.36. The summed E-state index contributed by atoms with van der Waals surface area (Å²) < 4.78 is 5.06. The highest BCUT2D eigenvalue weighted by atomic mass is 35.5. The average molecular weight is 207 g/mol. The number of hydrogen-bond acceptors (Lipinski definition) is 1. The van der Waals surface area contributed by atoms with Gasteiger partial charge in [-0.1, -0.05) is 42.4 Å². The van der Waals surface area contributed by atoms with Crippen molar-refractivity contribution < 1.29 is 4.74 Å². The zero-order valence-corrected chi connectivity index (χ0v) is 8.74. The Morgan fingerprint density at radius 1 is 1.50 bits per heavy atom. The fourth-order valence-electron chi connectivity index (χ4n) is 0.772. The second-order valence-corrected chi connectivity index (χ2v) is 3.11. The molecule has 1 unspecified atom stereocenters. The van der Waals surface area contributed by atoms with Crippen LogP contribution < -0.4 is 0 Å². The number of ether oxygens (including phenoxy) is 1. The number of methoxy groups -OCH3 is 1. The fraction of sp³-hybridized carbons (Fsp3) is 0.333. The van der Waals surface area contributed by atoms with Gasteiger partial charge in [-0.3, -0.25) is 0 Å². The molecule has 1 atom stereocenters. The van der Waals surface area contributed by atoms with E-state index < -0.39 is 0 Å². The molecule has 0 fully saturated rings. The molecule has 0 N–H and O–H groups in total. The van der Waals surface area contributed by atoms with Crippen molar-refractivity contribution in [1.29, 1.82) is 0 Å². The van der Waals surface area contributed by atoms with Crippen molar-refractivity contribution >= 4 is 23.2 Å². The molecule has 0 aromatic carbocycles. The van der Waals surface area contributed by atoms with Crippen molar-refractivity contribution in [3.05, 3.63) is 34.9 Å². The van der Waals surface area contributed by atoms with E-state index in [1.54, 1.807) is 7.11 Å². The Hall–Kier alpha value is -0.240. The van der Waals surface area contributed by atoms with Crippen LogP contribution in [0.15, 0.2) is 34.9 Å². The monoisotopic (exact) mass is 206 g/mol. The lowest BCUT2D eigenvalue weighted by Gasteiger charge is -2.13. The predicted octanol–water partition coefficient (Wildman–Crippen LogP) is 3.45. The molecule has 0 aliphatic carbocycles. The van der Waals surface area contributed by atoms with Crippen molar-refractivity contribution in [2.75, 3.05) is 7.11 Å². The summed E-state index contributed by atoms with van der Waals surface area (Å²) in [5, 5.41) is 0.860. The minimum absolute atomic E-state index is 0.166. The Kier molecular flexibility index (Phi) is 5.31. The van der Waals surface area contributed by atoms with Gasteiger partial charge in [-0.2, -0.15) is 0 Å². The molecule has 0 aliphatic rings. The van der Waals surface area contributed by atoms with Gasteiger partial charge < -0.3 is 4.74 Å². The van der Waals surface area contributed by atoms with E-state index in [0.717, 1.165) is 0 Å². The van der Waals surface area contributed by atoms with Gasteiger partial charge in [0.05, 0.1) is 6.10 Å². The van der Waals surface area contributed by atoms with Gasteiger partial charge in [-0.25, -0.2) is 0 Å². The SMILES string of the molecule is C=C/C(Cl)=C(\C(=C)Cl)C(C)OC. The van der Waals surface area contributed by atoms with Gasteiger partial charge in [-0.15, -0.1) is 0 Å². The second kappa shape index (κ2) is 5.41. The Bertz CT molecular complexity index is 219. The van der Waals surface area contributed by atoms with E-state index in [4.69, 9.17) is 27.9 Å². The first-order valence-electron chi connectivity index (χ1n) is 3.44. The Morgan fingerprint density at radius 3 is 2.25 bits per heavy atom. The van der Waals surface area contributed by atoms with E-state index in [1.807, 2.05) is 6.92 Å². The highest BCUT2D eigenvalue weighted by Gasteiger charge is 2.12. The summed E-state index contributed by atoms with van der Waals surface area (Å²) >= 11 is 11.6. The number of halogens is 2. The number of allylic oxidation sites excluding steroid dienone is 2. The summed E-state index contributed by atoms with van der Waals surface area (Å²) in [6.07, 6.45) is 1.35. The van der Waals surface area contributed by atoms with Crippen LogP contribution in [0.2, 0.25) is 0 Å². The zero-order chi connectivity index (χ0) is 9.72. The van der Waals surface area contributed by atoms with Crippen LogP contribution in [-0.2, 0) is 4.74 Å². The van der Waals surface area contributed by atoms with Gasteiger partial charge in [0, 0.05) is 22.7 Å². The van der Waals surface area contributed by atoms with Gasteiger partial charge >= 0.3 is 0 Å². The van der Waals surface area contributed by atoms with E-state index in [1.165, 1.54) is 6.08 Å². The number of hydrogen-bond donors (Lipinski definition) is 0. The van der Waals surface area contributed by atoms with Crippen LogP contribution in [-0.4, -0.2) is 13.2 Å². The van der Waals surface area contributed by atoms with Crippen LogP contribution in [0.4, 0.5) is 0 Å². The third kappa shape index (κ3) is 3.02. The van der Waals surface area contributed by atoms with Crippen molar-refractivity contribution in [2.45, 2.75) is 13.0 Å². The first kappa shape index (κ1) is 11.8. The van der Waals surface area contributed by atoms with E-state index >= 15 is 0 Å². The van der Waals surface area contributed by atoms with Crippen LogP contribution in [0.5, 0.6) is 0 Å². The van der Waals surface area contributed by atoms with Crippen LogP contribution in [0, 0.1) is 0 Å². The molecule has 0 amide bonds. The summed E-state index contributed by atoms with van der Waals surface area (Å²) in [5.74, 6) is 0. The lowest BCUT2D eigenvalue weighted by molar-refractivity contribution is 0.149. The molecule has 0 heterocycles. The standard InChI is InChI=1S/C9H12Cl2O/c1-5-8(11)9(6(2)10)7(3)12-4/h5,7H,1-2H2,3-4H3/b9-8-. The van der Waals surface area contributed by atoms with Crippen molar-refractivity contribution in [3.63, 3.8) is 0 Å². The molecule has 68 valence electrons. The third-order valence-corrected chi connectivity index (χ3v) is 2.05. The summed E-state index contributed by atoms with van der Waals surface area (Å²) in [4.78, 5) is 0. The molecule has 0 rings (SSSR count). The van der Waals surface area contributed by atoms with Crippen molar-refractivity contribution in [3.8, 4) is 0 Å². The Morgan fingerprint density at radius 2 is 2.00 bits per heavy atom. The first-order valence-corrected chi connectivity index (χ1v) is 4.19. The minimum Gasteiger partial charge on any atom is -0.377 e. The molecule has 0 saturated carbocycles. The van der Waals surface area contributed by atoms with Crippen molar-refractivity contribution in [2.24, 2.45) is 0 Å². The minimum atomic E-state index is -0.166. The van der Waals surface area contributed by atoms with E-state index in [2.05, 4.69) is 13.2 Å². The maximum Gasteiger partial charge on any atom is 0.0821 e. The Balaban J connectivity index is 4.90. The normalized spacial score (nSPS) is 15.0. The van der Waals surface area contributed by atoms with Crippen LogP contribution in [0.25, 0.3) is 0 Å². The molecule has 3 heteroatoms. The lowest BCUT2D eigenvalue weighted by atomic mass is 10.1. The maximum absolute atomic E-state index is 5.84. The molecular formula is C9H12Cl2O. The number of rotatable bonds is 4. The summed E-state index contributed by atoms with van der Waals surface area (Å²) in [6.45, 7) is 8.97. The largest absolute Gasteiger partial charge is 0.377 e. The molecule has 0 aromatic rings. The predicted molar refractivity (Wildman–Crippen MR) is 54.5 cm³/mol. The molecule has 0 aromatic heterocycles. The van der Waals surface area contributed by atoms with Gasteiger partial charge in [0.25, 0.3) is 0 Å². The molecule has 12 heavy (non-hydrogen) atoms. The zero-order valence-electron chi connectivity index (χ0n) is 7.23. The average Bonchev–Trinajstić information content (AvgIpc) is 2.03. The third-order valence-electron chi connectivity index (χ3n) is 1.49. The molecular weight excluding hydrogens is 195 g/mol. The van der Waals surface area contributed by atoms with Crippen molar-refractivity contribution in [1.82, 2.24) is 0 Å². The Labute approximate surface area is 83.3 Å². The van der Waals surface area contributed by atoms with E-state index in [-0.39, 0.29) is 6.10 Å². The van der Waals surface area contributed by atoms with Crippen LogP contribution >= 0.6 is 23.2 Å². The molecule has 0 bridgehead atoms. The maximum atomic E-state index is 5.84. The van der Waals surface area contributed by atoms with E-state index in [0.29, 0.717) is 15.6 Å². The highest BCUT2D eigenvalue weighted by Crippen LogP contribution is 2.25. The fourth-order valence-corrected chi connectivity index (χ4v) is 1.34. The van der Waals surface area contributed by atoms with Gasteiger partial charge in [0.2, 0.25) is 0 Å². The second-order valence-electron chi connectivity index (χ2n) is 2.25.